The normalized spacial score (nSPS) is 16.6. The molecule has 1 heterocycles. The molecule has 0 bridgehead atoms. The van der Waals surface area contributed by atoms with E-state index < -0.39 is 5.97 Å². The molecule has 0 radical (unpaired) electrons. The summed E-state index contributed by atoms with van der Waals surface area (Å²) in [6.07, 6.45) is 1.97. The van der Waals surface area contributed by atoms with Gasteiger partial charge in [-0.25, -0.2) is 9.59 Å². The Hall–Kier alpha value is -2.82. The number of nitrogens with zero attached hydrogens (tertiary/aromatic N) is 1. The largest absolute Gasteiger partial charge is 0.465 e. The van der Waals surface area contributed by atoms with E-state index in [0.29, 0.717) is 11.3 Å². The minimum absolute atomic E-state index is 0.107. The lowest BCUT2D eigenvalue weighted by Crippen LogP contribution is -2.34. The fraction of sp³-hybridized carbons (Fsp3) is 0.300. The van der Waals surface area contributed by atoms with Crippen LogP contribution in [-0.4, -0.2) is 30.6 Å². The van der Waals surface area contributed by atoms with Gasteiger partial charge in [0.05, 0.1) is 18.7 Å². The number of rotatable bonds is 3. The van der Waals surface area contributed by atoms with Crippen molar-refractivity contribution >= 4 is 17.7 Å². The van der Waals surface area contributed by atoms with Crippen LogP contribution in [0, 0.1) is 6.92 Å². The molecule has 5 nitrogen and oxygen atoms in total. The number of ether oxygens (including phenoxy) is 1. The molecule has 2 aromatic carbocycles. The molecule has 1 aliphatic heterocycles. The fourth-order valence-electron chi connectivity index (χ4n) is 3.30. The van der Waals surface area contributed by atoms with Crippen molar-refractivity contribution in [1.29, 1.82) is 0 Å². The second-order valence-corrected chi connectivity index (χ2v) is 6.21. The van der Waals surface area contributed by atoms with Gasteiger partial charge in [0.2, 0.25) is 0 Å². The van der Waals surface area contributed by atoms with Crippen LogP contribution < -0.4 is 5.32 Å². The molecular formula is C20H22N2O3. The quantitative estimate of drug-likeness (QED) is 0.855. The Labute approximate surface area is 147 Å². The van der Waals surface area contributed by atoms with Crippen molar-refractivity contribution in [2.45, 2.75) is 25.8 Å². The molecule has 130 valence electrons. The number of benzene rings is 2. The zero-order chi connectivity index (χ0) is 17.8. The van der Waals surface area contributed by atoms with Gasteiger partial charge in [0.25, 0.3) is 0 Å². The van der Waals surface area contributed by atoms with Crippen LogP contribution in [0.3, 0.4) is 0 Å². The number of esters is 1. The molecule has 1 aliphatic rings. The maximum atomic E-state index is 12.7. The molecule has 1 unspecified atom stereocenters. The molecule has 1 N–H and O–H groups in total. The summed E-state index contributed by atoms with van der Waals surface area (Å²) in [5.74, 6) is -0.392. The SMILES string of the molecule is COC(=O)c1ccc(NC(=O)N2CCCC2c2ccccc2C)cc1. The van der Waals surface area contributed by atoms with Crippen molar-refractivity contribution in [3.8, 4) is 0 Å². The molecule has 2 amide bonds. The van der Waals surface area contributed by atoms with Crippen molar-refractivity contribution in [2.75, 3.05) is 19.0 Å². The van der Waals surface area contributed by atoms with E-state index in [9.17, 15) is 9.59 Å². The van der Waals surface area contributed by atoms with Crippen LogP contribution in [0.15, 0.2) is 48.5 Å². The van der Waals surface area contributed by atoms with Gasteiger partial charge in [0.15, 0.2) is 0 Å². The molecule has 1 saturated heterocycles. The first-order valence-electron chi connectivity index (χ1n) is 8.41. The number of methoxy groups -OCH3 is 1. The number of amides is 2. The zero-order valence-electron chi connectivity index (χ0n) is 14.5. The minimum Gasteiger partial charge on any atom is -0.465 e. The molecule has 1 atom stereocenters. The van der Waals surface area contributed by atoms with Crippen LogP contribution in [0.2, 0.25) is 0 Å². The fourth-order valence-corrected chi connectivity index (χ4v) is 3.30. The summed E-state index contributed by atoms with van der Waals surface area (Å²) in [4.78, 5) is 26.1. The van der Waals surface area contributed by atoms with Crippen molar-refractivity contribution in [3.63, 3.8) is 0 Å². The minimum atomic E-state index is -0.392. The van der Waals surface area contributed by atoms with E-state index in [1.54, 1.807) is 24.3 Å². The number of urea groups is 1. The molecule has 2 aromatic rings. The monoisotopic (exact) mass is 338 g/mol. The highest BCUT2D eigenvalue weighted by Gasteiger charge is 2.30. The van der Waals surface area contributed by atoms with E-state index in [1.165, 1.54) is 18.2 Å². The van der Waals surface area contributed by atoms with Gasteiger partial charge in [-0.2, -0.15) is 0 Å². The summed E-state index contributed by atoms with van der Waals surface area (Å²) < 4.78 is 4.68. The Morgan fingerprint density at radius 2 is 1.84 bits per heavy atom. The predicted molar refractivity (Wildman–Crippen MR) is 96.7 cm³/mol. The highest BCUT2D eigenvalue weighted by molar-refractivity contribution is 5.92. The first-order valence-corrected chi connectivity index (χ1v) is 8.41. The predicted octanol–water partition coefficient (Wildman–Crippen LogP) is 4.15. The number of hydrogen-bond acceptors (Lipinski definition) is 3. The molecule has 3 rings (SSSR count). The smallest absolute Gasteiger partial charge is 0.337 e. The first-order chi connectivity index (χ1) is 12.1. The van der Waals surface area contributed by atoms with Crippen molar-refractivity contribution < 1.29 is 14.3 Å². The van der Waals surface area contributed by atoms with Gasteiger partial charge in [-0.1, -0.05) is 24.3 Å². The summed E-state index contributed by atoms with van der Waals surface area (Å²) in [7, 11) is 1.34. The Morgan fingerprint density at radius 3 is 2.52 bits per heavy atom. The first kappa shape index (κ1) is 17.0. The molecule has 0 spiro atoms. The third-order valence-electron chi connectivity index (χ3n) is 4.62. The van der Waals surface area contributed by atoms with Crippen molar-refractivity contribution in [3.05, 3.63) is 65.2 Å². The lowest BCUT2D eigenvalue weighted by Gasteiger charge is -2.26. The van der Waals surface area contributed by atoms with Crippen LogP contribution in [0.5, 0.6) is 0 Å². The van der Waals surface area contributed by atoms with Crippen LogP contribution in [0.1, 0.15) is 40.4 Å². The molecule has 0 aliphatic carbocycles. The van der Waals surface area contributed by atoms with Gasteiger partial charge in [0.1, 0.15) is 0 Å². The van der Waals surface area contributed by atoms with E-state index in [2.05, 4.69) is 29.1 Å². The van der Waals surface area contributed by atoms with E-state index in [1.807, 2.05) is 17.0 Å². The van der Waals surface area contributed by atoms with E-state index in [-0.39, 0.29) is 12.1 Å². The number of likely N-dealkylation sites (tertiary alicyclic amines) is 1. The number of carbonyl (C=O) groups is 2. The summed E-state index contributed by atoms with van der Waals surface area (Å²) in [6.45, 7) is 2.82. The Balaban J connectivity index is 1.72. The Morgan fingerprint density at radius 1 is 1.12 bits per heavy atom. The Bertz CT molecular complexity index is 771. The lowest BCUT2D eigenvalue weighted by atomic mass is 9.99. The van der Waals surface area contributed by atoms with Crippen molar-refractivity contribution in [2.24, 2.45) is 0 Å². The average molecular weight is 338 g/mol. The number of anilines is 1. The molecule has 5 heteroatoms. The molecule has 0 saturated carbocycles. The zero-order valence-corrected chi connectivity index (χ0v) is 14.5. The maximum absolute atomic E-state index is 12.7. The van der Waals surface area contributed by atoms with Crippen LogP contribution in [0.25, 0.3) is 0 Å². The van der Waals surface area contributed by atoms with E-state index >= 15 is 0 Å². The average Bonchev–Trinajstić information content (AvgIpc) is 3.11. The summed E-state index contributed by atoms with van der Waals surface area (Å²) >= 11 is 0. The summed E-state index contributed by atoms with van der Waals surface area (Å²) in [6, 6.07) is 14.9. The number of nitrogens with one attached hydrogen (secondary N) is 1. The van der Waals surface area contributed by atoms with Gasteiger partial charge in [-0.3, -0.25) is 0 Å². The maximum Gasteiger partial charge on any atom is 0.337 e. The molecule has 25 heavy (non-hydrogen) atoms. The summed E-state index contributed by atoms with van der Waals surface area (Å²) in [5.41, 5.74) is 3.53. The lowest BCUT2D eigenvalue weighted by molar-refractivity contribution is 0.0600. The van der Waals surface area contributed by atoms with Gasteiger partial charge >= 0.3 is 12.0 Å². The summed E-state index contributed by atoms with van der Waals surface area (Å²) in [5, 5.41) is 2.92. The van der Waals surface area contributed by atoms with Gasteiger partial charge in [-0.15, -0.1) is 0 Å². The molecule has 1 fully saturated rings. The van der Waals surface area contributed by atoms with Crippen LogP contribution in [-0.2, 0) is 4.74 Å². The molecular weight excluding hydrogens is 316 g/mol. The number of aryl methyl sites for hydroxylation is 1. The van der Waals surface area contributed by atoms with Crippen LogP contribution >= 0.6 is 0 Å². The highest BCUT2D eigenvalue weighted by Crippen LogP contribution is 2.34. The number of carbonyl (C=O) groups excluding carboxylic acids is 2. The van der Waals surface area contributed by atoms with Crippen LogP contribution in [0.4, 0.5) is 10.5 Å². The third kappa shape index (κ3) is 3.65. The van der Waals surface area contributed by atoms with Gasteiger partial charge in [0, 0.05) is 12.2 Å². The molecule has 0 aromatic heterocycles. The third-order valence-corrected chi connectivity index (χ3v) is 4.62. The van der Waals surface area contributed by atoms with E-state index in [0.717, 1.165) is 19.4 Å². The topological polar surface area (TPSA) is 58.6 Å². The van der Waals surface area contributed by atoms with E-state index in [4.69, 9.17) is 0 Å². The Kier molecular flexibility index (Phi) is 5.03. The van der Waals surface area contributed by atoms with Gasteiger partial charge in [-0.05, 0) is 55.2 Å². The van der Waals surface area contributed by atoms with Crippen molar-refractivity contribution in [1.82, 2.24) is 4.90 Å². The second-order valence-electron chi connectivity index (χ2n) is 6.21. The highest BCUT2D eigenvalue weighted by atomic mass is 16.5. The second kappa shape index (κ2) is 7.38. The number of hydrogen-bond donors (Lipinski definition) is 1. The standard InChI is InChI=1S/C20H22N2O3/c1-14-6-3-4-7-17(14)18-8-5-13-22(18)20(24)21-16-11-9-15(10-12-16)19(23)25-2/h3-4,6-7,9-12,18H,5,8,13H2,1-2H3,(H,21,24). The van der Waals surface area contributed by atoms with Gasteiger partial charge < -0.3 is 15.0 Å².